The van der Waals surface area contributed by atoms with Gasteiger partial charge in [0.1, 0.15) is 5.41 Å². The van der Waals surface area contributed by atoms with E-state index in [-0.39, 0.29) is 12.1 Å². The van der Waals surface area contributed by atoms with Gasteiger partial charge in [-0.05, 0) is 30.9 Å². The Morgan fingerprint density at radius 2 is 1.88 bits per heavy atom. The standard InChI is InChI=1S/C17H18F3NO3/c18-17(19,20)13-5-2-1-4-12(13)11-6-9-21(10-11)14(22)16(15(23)24)7-3-8-16/h1-2,4-5,11H,3,6-10H2,(H,23,24). The van der Waals surface area contributed by atoms with Gasteiger partial charge in [0.15, 0.2) is 0 Å². The summed E-state index contributed by atoms with van der Waals surface area (Å²) in [4.78, 5) is 25.4. The monoisotopic (exact) mass is 341 g/mol. The van der Waals surface area contributed by atoms with E-state index in [1.807, 2.05) is 0 Å². The summed E-state index contributed by atoms with van der Waals surface area (Å²) >= 11 is 0. The fraction of sp³-hybridized carbons (Fsp3) is 0.529. The van der Waals surface area contributed by atoms with Gasteiger partial charge in [-0.3, -0.25) is 9.59 Å². The average Bonchev–Trinajstić information content (AvgIpc) is 2.94. The highest BCUT2D eigenvalue weighted by atomic mass is 19.4. The number of alkyl halides is 3. The van der Waals surface area contributed by atoms with Crippen LogP contribution in [-0.2, 0) is 15.8 Å². The lowest BCUT2D eigenvalue weighted by molar-refractivity contribution is -0.166. The van der Waals surface area contributed by atoms with Gasteiger partial charge in [-0.25, -0.2) is 0 Å². The molecular weight excluding hydrogens is 323 g/mol. The number of carboxylic acid groups (broad SMARTS) is 1. The van der Waals surface area contributed by atoms with E-state index < -0.39 is 34.9 Å². The Bertz CT molecular complexity index is 667. The zero-order valence-corrected chi connectivity index (χ0v) is 13.0. The number of aliphatic carboxylic acids is 1. The zero-order valence-electron chi connectivity index (χ0n) is 13.0. The van der Waals surface area contributed by atoms with Crippen molar-refractivity contribution >= 4 is 11.9 Å². The number of carbonyl (C=O) groups excluding carboxylic acids is 1. The molecule has 1 aliphatic carbocycles. The first-order valence-corrected chi connectivity index (χ1v) is 7.94. The molecule has 1 atom stereocenters. The predicted octanol–water partition coefficient (Wildman–Crippen LogP) is 3.28. The van der Waals surface area contributed by atoms with Crippen LogP contribution in [0.15, 0.2) is 24.3 Å². The van der Waals surface area contributed by atoms with Gasteiger partial charge in [0.2, 0.25) is 5.91 Å². The van der Waals surface area contributed by atoms with Crippen molar-refractivity contribution in [2.45, 2.75) is 37.8 Å². The molecule has 1 aliphatic heterocycles. The molecule has 1 heterocycles. The maximum atomic E-state index is 13.2. The number of carboxylic acids is 1. The third kappa shape index (κ3) is 2.65. The van der Waals surface area contributed by atoms with Crippen LogP contribution in [-0.4, -0.2) is 35.0 Å². The Labute approximate surface area is 137 Å². The number of carbonyl (C=O) groups is 2. The van der Waals surface area contributed by atoms with E-state index in [1.165, 1.54) is 17.0 Å². The van der Waals surface area contributed by atoms with Crippen molar-refractivity contribution in [3.63, 3.8) is 0 Å². The summed E-state index contributed by atoms with van der Waals surface area (Å²) in [5, 5.41) is 9.35. The van der Waals surface area contributed by atoms with Gasteiger partial charge < -0.3 is 10.0 Å². The molecule has 1 N–H and O–H groups in total. The van der Waals surface area contributed by atoms with E-state index in [9.17, 15) is 27.9 Å². The van der Waals surface area contributed by atoms with Gasteiger partial charge in [-0.1, -0.05) is 24.6 Å². The van der Waals surface area contributed by atoms with Crippen LogP contribution in [0.5, 0.6) is 0 Å². The lowest BCUT2D eigenvalue weighted by atomic mass is 9.68. The summed E-state index contributed by atoms with van der Waals surface area (Å²) in [5.41, 5.74) is -1.86. The number of hydrogen-bond donors (Lipinski definition) is 1. The Morgan fingerprint density at radius 3 is 2.42 bits per heavy atom. The molecule has 24 heavy (non-hydrogen) atoms. The molecule has 130 valence electrons. The van der Waals surface area contributed by atoms with Gasteiger partial charge in [0.05, 0.1) is 5.56 Å². The molecule has 0 radical (unpaired) electrons. The fourth-order valence-corrected chi connectivity index (χ4v) is 3.66. The van der Waals surface area contributed by atoms with Crippen LogP contribution >= 0.6 is 0 Å². The van der Waals surface area contributed by atoms with E-state index in [0.29, 0.717) is 32.2 Å². The second-order valence-electron chi connectivity index (χ2n) is 6.56. The number of hydrogen-bond acceptors (Lipinski definition) is 2. The molecule has 1 saturated carbocycles. The summed E-state index contributed by atoms with van der Waals surface area (Å²) < 4.78 is 39.5. The quantitative estimate of drug-likeness (QED) is 0.859. The third-order valence-corrected chi connectivity index (χ3v) is 5.21. The molecule has 0 spiro atoms. The molecule has 3 rings (SSSR count). The van der Waals surface area contributed by atoms with E-state index in [0.717, 1.165) is 6.07 Å². The molecule has 4 nitrogen and oxygen atoms in total. The summed E-state index contributed by atoms with van der Waals surface area (Å²) in [6.45, 7) is 0.436. The molecule has 2 fully saturated rings. The number of halogens is 3. The van der Waals surface area contributed by atoms with Crippen molar-refractivity contribution in [1.82, 2.24) is 4.90 Å². The minimum atomic E-state index is -4.44. The molecule has 2 aliphatic rings. The third-order valence-electron chi connectivity index (χ3n) is 5.21. The molecule has 1 aromatic rings. The predicted molar refractivity (Wildman–Crippen MR) is 79.3 cm³/mol. The summed E-state index contributed by atoms with van der Waals surface area (Å²) in [5.74, 6) is -2.00. The average molecular weight is 341 g/mol. The van der Waals surface area contributed by atoms with E-state index >= 15 is 0 Å². The Kier molecular flexibility index (Phi) is 4.05. The second kappa shape index (κ2) is 5.79. The Hall–Kier alpha value is -2.05. The first kappa shape index (κ1) is 16.8. The molecule has 7 heteroatoms. The summed E-state index contributed by atoms with van der Waals surface area (Å²) in [6, 6.07) is 5.39. The van der Waals surface area contributed by atoms with Crippen molar-refractivity contribution in [3.05, 3.63) is 35.4 Å². The maximum Gasteiger partial charge on any atom is 0.416 e. The summed E-state index contributed by atoms with van der Waals surface area (Å²) in [7, 11) is 0. The minimum Gasteiger partial charge on any atom is -0.480 e. The first-order valence-electron chi connectivity index (χ1n) is 7.94. The highest BCUT2D eigenvalue weighted by Gasteiger charge is 2.53. The van der Waals surface area contributed by atoms with E-state index in [2.05, 4.69) is 0 Å². The van der Waals surface area contributed by atoms with Crippen molar-refractivity contribution in [2.24, 2.45) is 5.41 Å². The van der Waals surface area contributed by atoms with Crippen LogP contribution in [0.1, 0.15) is 42.7 Å². The van der Waals surface area contributed by atoms with E-state index in [4.69, 9.17) is 0 Å². The maximum absolute atomic E-state index is 13.2. The number of nitrogens with zero attached hydrogens (tertiary/aromatic N) is 1. The largest absolute Gasteiger partial charge is 0.480 e. The molecular formula is C17H18F3NO3. The molecule has 0 bridgehead atoms. The van der Waals surface area contributed by atoms with Crippen molar-refractivity contribution in [3.8, 4) is 0 Å². The van der Waals surface area contributed by atoms with Gasteiger partial charge in [0.25, 0.3) is 0 Å². The minimum absolute atomic E-state index is 0.140. The molecule has 1 unspecified atom stereocenters. The molecule has 1 saturated heterocycles. The lowest BCUT2D eigenvalue weighted by Gasteiger charge is -2.38. The van der Waals surface area contributed by atoms with Crippen LogP contribution in [0.2, 0.25) is 0 Å². The van der Waals surface area contributed by atoms with Gasteiger partial charge >= 0.3 is 12.1 Å². The zero-order chi connectivity index (χ0) is 17.5. The number of rotatable bonds is 3. The molecule has 1 aromatic carbocycles. The van der Waals surface area contributed by atoms with Crippen molar-refractivity contribution in [1.29, 1.82) is 0 Å². The van der Waals surface area contributed by atoms with E-state index in [1.54, 1.807) is 6.07 Å². The number of amides is 1. The topological polar surface area (TPSA) is 57.6 Å². The van der Waals surface area contributed by atoms with Crippen LogP contribution < -0.4 is 0 Å². The smallest absolute Gasteiger partial charge is 0.416 e. The highest BCUT2D eigenvalue weighted by molar-refractivity contribution is 6.03. The van der Waals surface area contributed by atoms with Gasteiger partial charge in [-0.2, -0.15) is 13.2 Å². The lowest BCUT2D eigenvalue weighted by Crippen LogP contribution is -2.52. The van der Waals surface area contributed by atoms with Crippen LogP contribution in [0.3, 0.4) is 0 Å². The fourth-order valence-electron chi connectivity index (χ4n) is 3.66. The van der Waals surface area contributed by atoms with Gasteiger partial charge in [-0.15, -0.1) is 0 Å². The highest BCUT2D eigenvalue weighted by Crippen LogP contribution is 2.45. The van der Waals surface area contributed by atoms with Gasteiger partial charge in [0, 0.05) is 19.0 Å². The van der Waals surface area contributed by atoms with Crippen LogP contribution in [0.4, 0.5) is 13.2 Å². The molecule has 1 amide bonds. The number of benzene rings is 1. The van der Waals surface area contributed by atoms with Crippen LogP contribution in [0, 0.1) is 5.41 Å². The second-order valence-corrected chi connectivity index (χ2v) is 6.56. The summed E-state index contributed by atoms with van der Waals surface area (Å²) in [6.07, 6.45) is -2.73. The molecule has 0 aromatic heterocycles. The number of likely N-dealkylation sites (tertiary alicyclic amines) is 1. The van der Waals surface area contributed by atoms with Crippen molar-refractivity contribution < 1.29 is 27.9 Å². The SMILES string of the molecule is O=C(O)C1(C(=O)N2CCC(c3ccccc3C(F)(F)F)C2)CCC1. The Balaban J connectivity index is 1.80. The van der Waals surface area contributed by atoms with Crippen molar-refractivity contribution in [2.75, 3.05) is 13.1 Å². The Morgan fingerprint density at radius 1 is 1.21 bits per heavy atom. The van der Waals surface area contributed by atoms with Crippen LogP contribution in [0.25, 0.3) is 0 Å². The first-order chi connectivity index (χ1) is 11.3. The normalized spacial score (nSPS) is 23.0.